The molecule has 2 aromatic rings. The first-order valence-electron chi connectivity index (χ1n) is 7.33. The normalized spacial score (nSPS) is 15.3. The Labute approximate surface area is 123 Å². The van der Waals surface area contributed by atoms with Crippen LogP contribution in [0.15, 0.2) is 28.9 Å². The molecule has 2 aromatic heterocycles. The summed E-state index contributed by atoms with van der Waals surface area (Å²) in [6.07, 6.45) is 6.52. The lowest BCUT2D eigenvalue weighted by Gasteiger charge is -2.05. The molecule has 3 rings (SSSR count). The third kappa shape index (κ3) is 3.26. The van der Waals surface area contributed by atoms with Gasteiger partial charge in [-0.05, 0) is 25.0 Å². The highest BCUT2D eigenvalue weighted by Gasteiger charge is 2.21. The zero-order chi connectivity index (χ0) is 14.7. The number of nitrogens with one attached hydrogen (secondary N) is 2. The number of carbonyl (C=O) groups is 1. The monoisotopic (exact) mass is 288 g/mol. The van der Waals surface area contributed by atoms with E-state index >= 15 is 0 Å². The summed E-state index contributed by atoms with van der Waals surface area (Å²) in [4.78, 5) is 11.9. The van der Waals surface area contributed by atoms with Crippen molar-refractivity contribution in [2.45, 2.75) is 38.1 Å². The van der Waals surface area contributed by atoms with E-state index in [2.05, 4.69) is 15.7 Å². The number of carbonyl (C=O) groups excluding carboxylic acids is 1. The van der Waals surface area contributed by atoms with Gasteiger partial charge in [0, 0.05) is 19.0 Å². The van der Waals surface area contributed by atoms with E-state index in [0.717, 1.165) is 11.5 Å². The molecule has 1 saturated carbocycles. The van der Waals surface area contributed by atoms with Crippen LogP contribution in [0.2, 0.25) is 0 Å². The first kappa shape index (κ1) is 13.7. The second-order valence-corrected chi connectivity index (χ2v) is 5.45. The van der Waals surface area contributed by atoms with Gasteiger partial charge in [-0.1, -0.05) is 12.8 Å². The van der Waals surface area contributed by atoms with E-state index in [1.165, 1.54) is 25.7 Å². The average molecular weight is 288 g/mol. The van der Waals surface area contributed by atoms with E-state index in [4.69, 9.17) is 4.42 Å². The topological polar surface area (TPSA) is 72.1 Å². The molecule has 2 N–H and O–H groups in total. The number of furan rings is 1. The minimum atomic E-state index is -0.257. The van der Waals surface area contributed by atoms with Crippen molar-refractivity contribution in [3.8, 4) is 0 Å². The third-order valence-electron chi connectivity index (χ3n) is 3.92. The van der Waals surface area contributed by atoms with Crippen LogP contribution in [0.1, 0.15) is 43.1 Å². The molecule has 0 aliphatic heterocycles. The number of aromatic nitrogens is 2. The molecule has 0 radical (unpaired) electrons. The van der Waals surface area contributed by atoms with Crippen LogP contribution in [-0.2, 0) is 13.6 Å². The van der Waals surface area contributed by atoms with Crippen LogP contribution >= 0.6 is 0 Å². The highest BCUT2D eigenvalue weighted by Crippen LogP contribution is 2.34. The lowest BCUT2D eigenvalue weighted by atomic mass is 10.0. The molecule has 1 aliphatic carbocycles. The summed E-state index contributed by atoms with van der Waals surface area (Å²) < 4.78 is 6.89. The Kier molecular flexibility index (Phi) is 3.94. The molecule has 112 valence electrons. The Morgan fingerprint density at radius 1 is 1.48 bits per heavy atom. The van der Waals surface area contributed by atoms with Crippen LogP contribution in [0.5, 0.6) is 0 Å². The third-order valence-corrected chi connectivity index (χ3v) is 3.92. The summed E-state index contributed by atoms with van der Waals surface area (Å²) >= 11 is 0. The van der Waals surface area contributed by atoms with E-state index in [1.807, 2.05) is 19.2 Å². The van der Waals surface area contributed by atoms with Crippen LogP contribution in [0, 0.1) is 0 Å². The molecule has 2 amide bonds. The molecule has 0 atom stereocenters. The Morgan fingerprint density at radius 3 is 3.00 bits per heavy atom. The number of anilines is 1. The van der Waals surface area contributed by atoms with Gasteiger partial charge in [-0.2, -0.15) is 5.10 Å². The number of nitrogens with zero attached hydrogens (tertiary/aromatic N) is 2. The lowest BCUT2D eigenvalue weighted by Crippen LogP contribution is -2.28. The van der Waals surface area contributed by atoms with E-state index in [-0.39, 0.29) is 6.03 Å². The largest absolute Gasteiger partial charge is 0.467 e. The van der Waals surface area contributed by atoms with E-state index < -0.39 is 0 Å². The first-order chi connectivity index (χ1) is 10.2. The fourth-order valence-corrected chi connectivity index (χ4v) is 2.77. The van der Waals surface area contributed by atoms with Crippen LogP contribution in [0.3, 0.4) is 0 Å². The minimum absolute atomic E-state index is 0.257. The van der Waals surface area contributed by atoms with Crippen LogP contribution < -0.4 is 10.6 Å². The van der Waals surface area contributed by atoms with Gasteiger partial charge in [0.25, 0.3) is 0 Å². The minimum Gasteiger partial charge on any atom is -0.467 e. The van der Waals surface area contributed by atoms with Gasteiger partial charge in [-0.25, -0.2) is 4.79 Å². The summed E-state index contributed by atoms with van der Waals surface area (Å²) in [5.74, 6) is 1.98. The highest BCUT2D eigenvalue weighted by atomic mass is 16.3. The maximum absolute atomic E-state index is 11.9. The second-order valence-electron chi connectivity index (χ2n) is 5.45. The summed E-state index contributed by atoms with van der Waals surface area (Å²) in [6, 6.07) is 5.34. The van der Waals surface area contributed by atoms with Gasteiger partial charge in [0.1, 0.15) is 11.6 Å². The van der Waals surface area contributed by atoms with E-state index in [9.17, 15) is 4.79 Å². The predicted octanol–water partition coefficient (Wildman–Crippen LogP) is 2.99. The van der Waals surface area contributed by atoms with Crippen molar-refractivity contribution in [1.29, 1.82) is 0 Å². The maximum Gasteiger partial charge on any atom is 0.320 e. The predicted molar refractivity (Wildman–Crippen MR) is 79.0 cm³/mol. The fourth-order valence-electron chi connectivity index (χ4n) is 2.77. The Hall–Kier alpha value is -2.24. The van der Waals surface area contributed by atoms with Gasteiger partial charge in [-0.3, -0.25) is 10.00 Å². The zero-order valence-electron chi connectivity index (χ0n) is 12.1. The molecule has 1 fully saturated rings. The Balaban J connectivity index is 1.57. The maximum atomic E-state index is 11.9. The standard InChI is InChI=1S/C15H20N4O2/c1-19-14(9-13(18-19)11-5-2-3-6-11)17-15(20)16-10-12-7-4-8-21-12/h4,7-9,11H,2-3,5-6,10H2,1H3,(H2,16,17,20). The van der Waals surface area contributed by atoms with Crippen LogP contribution in [-0.4, -0.2) is 15.8 Å². The molecule has 0 unspecified atom stereocenters. The fraction of sp³-hybridized carbons (Fsp3) is 0.467. The number of urea groups is 1. The van der Waals surface area contributed by atoms with Crippen molar-refractivity contribution in [3.05, 3.63) is 35.9 Å². The Morgan fingerprint density at radius 2 is 2.29 bits per heavy atom. The quantitative estimate of drug-likeness (QED) is 0.908. The average Bonchev–Trinajstić information content (AvgIpc) is 3.18. The summed E-state index contributed by atoms with van der Waals surface area (Å²) in [5, 5.41) is 10.1. The molecule has 1 aliphatic rings. The van der Waals surface area contributed by atoms with Gasteiger partial charge >= 0.3 is 6.03 Å². The second kappa shape index (κ2) is 6.03. The molecule has 0 bridgehead atoms. The van der Waals surface area contributed by atoms with Gasteiger partial charge in [0.2, 0.25) is 0 Å². The number of amides is 2. The molecule has 6 nitrogen and oxygen atoms in total. The van der Waals surface area contributed by atoms with Crippen LogP contribution in [0.4, 0.5) is 10.6 Å². The number of hydrogen-bond acceptors (Lipinski definition) is 3. The molecular formula is C15H20N4O2. The highest BCUT2D eigenvalue weighted by molar-refractivity contribution is 5.88. The van der Waals surface area contributed by atoms with Gasteiger partial charge < -0.3 is 9.73 Å². The Bertz CT molecular complexity index is 597. The zero-order valence-corrected chi connectivity index (χ0v) is 12.1. The number of rotatable bonds is 4. The van der Waals surface area contributed by atoms with Crippen molar-refractivity contribution in [3.63, 3.8) is 0 Å². The van der Waals surface area contributed by atoms with Gasteiger partial charge in [0.15, 0.2) is 0 Å². The lowest BCUT2D eigenvalue weighted by molar-refractivity contribution is 0.250. The van der Waals surface area contributed by atoms with Gasteiger partial charge in [0.05, 0.1) is 18.5 Å². The SMILES string of the molecule is Cn1nc(C2CCCC2)cc1NC(=O)NCc1ccco1. The van der Waals surface area contributed by atoms with Crippen LogP contribution in [0.25, 0.3) is 0 Å². The first-order valence-corrected chi connectivity index (χ1v) is 7.33. The van der Waals surface area contributed by atoms with Gasteiger partial charge in [-0.15, -0.1) is 0 Å². The van der Waals surface area contributed by atoms with Crippen molar-refractivity contribution in [2.75, 3.05) is 5.32 Å². The molecule has 0 aromatic carbocycles. The smallest absolute Gasteiger partial charge is 0.320 e. The molecule has 0 saturated heterocycles. The number of hydrogen-bond donors (Lipinski definition) is 2. The molecule has 6 heteroatoms. The number of aryl methyl sites for hydroxylation is 1. The van der Waals surface area contributed by atoms with Crippen molar-refractivity contribution < 1.29 is 9.21 Å². The van der Waals surface area contributed by atoms with Crippen molar-refractivity contribution >= 4 is 11.8 Å². The molecule has 2 heterocycles. The van der Waals surface area contributed by atoms with Crippen molar-refractivity contribution in [1.82, 2.24) is 15.1 Å². The van der Waals surface area contributed by atoms with E-state index in [1.54, 1.807) is 17.0 Å². The van der Waals surface area contributed by atoms with Crippen molar-refractivity contribution in [2.24, 2.45) is 7.05 Å². The molecular weight excluding hydrogens is 268 g/mol. The summed E-state index contributed by atoms with van der Waals surface area (Å²) in [6.45, 7) is 0.367. The molecule has 0 spiro atoms. The summed E-state index contributed by atoms with van der Waals surface area (Å²) in [5.41, 5.74) is 1.08. The molecule has 21 heavy (non-hydrogen) atoms. The van der Waals surface area contributed by atoms with E-state index in [0.29, 0.717) is 18.3 Å². The summed E-state index contributed by atoms with van der Waals surface area (Å²) in [7, 11) is 1.85.